The van der Waals surface area contributed by atoms with Crippen molar-refractivity contribution in [1.29, 1.82) is 0 Å². The van der Waals surface area contributed by atoms with Gasteiger partial charge in [-0.2, -0.15) is 0 Å². The van der Waals surface area contributed by atoms with Gasteiger partial charge in [-0.1, -0.05) is 18.5 Å². The molecular weight excluding hydrogens is 307 g/mol. The molecular formula is C15H16ClFN4O. The summed E-state index contributed by atoms with van der Waals surface area (Å²) in [4.78, 5) is 20.2. The molecule has 0 fully saturated rings. The van der Waals surface area contributed by atoms with E-state index in [9.17, 15) is 9.18 Å². The number of carbonyl (C=O) groups is 1. The largest absolute Gasteiger partial charge is 0.366 e. The summed E-state index contributed by atoms with van der Waals surface area (Å²) in [5.74, 6) is -0.374. The number of rotatable bonds is 5. The van der Waals surface area contributed by atoms with Gasteiger partial charge in [0.25, 0.3) is 5.91 Å². The average molecular weight is 323 g/mol. The van der Waals surface area contributed by atoms with E-state index in [0.29, 0.717) is 11.5 Å². The van der Waals surface area contributed by atoms with Gasteiger partial charge in [0, 0.05) is 11.7 Å². The Labute approximate surface area is 132 Å². The molecule has 5 nitrogen and oxygen atoms in total. The van der Waals surface area contributed by atoms with Crippen LogP contribution in [0.4, 0.5) is 15.9 Å². The van der Waals surface area contributed by atoms with Gasteiger partial charge in [-0.3, -0.25) is 4.79 Å². The zero-order chi connectivity index (χ0) is 16.1. The fourth-order valence-electron chi connectivity index (χ4n) is 1.64. The molecule has 0 radical (unpaired) electrons. The molecule has 2 aromatic rings. The summed E-state index contributed by atoms with van der Waals surface area (Å²) in [6.07, 6.45) is 3.83. The van der Waals surface area contributed by atoms with Gasteiger partial charge < -0.3 is 10.6 Å². The first-order chi connectivity index (χ1) is 10.5. The van der Waals surface area contributed by atoms with E-state index in [1.165, 1.54) is 30.6 Å². The molecule has 1 heterocycles. The summed E-state index contributed by atoms with van der Waals surface area (Å²) in [7, 11) is 0. The number of carbonyl (C=O) groups excluding carboxylic acids is 1. The predicted molar refractivity (Wildman–Crippen MR) is 84.8 cm³/mol. The number of hydrogen-bond donors (Lipinski definition) is 2. The third-order valence-electron chi connectivity index (χ3n) is 3.07. The molecule has 0 saturated heterocycles. The molecule has 0 saturated carbocycles. The highest BCUT2D eigenvalue weighted by molar-refractivity contribution is 6.31. The van der Waals surface area contributed by atoms with E-state index in [-0.39, 0.29) is 16.8 Å². The van der Waals surface area contributed by atoms with Crippen LogP contribution >= 0.6 is 11.6 Å². The van der Waals surface area contributed by atoms with Crippen molar-refractivity contribution in [2.75, 3.05) is 10.6 Å². The SMILES string of the molecule is CCC(C)Nc1cnc(C(=O)Nc2ccc(F)c(Cl)c2)cn1. The summed E-state index contributed by atoms with van der Waals surface area (Å²) in [5.41, 5.74) is 0.551. The Morgan fingerprint density at radius 2 is 2.14 bits per heavy atom. The van der Waals surface area contributed by atoms with E-state index >= 15 is 0 Å². The molecule has 0 aliphatic carbocycles. The first kappa shape index (κ1) is 16.2. The molecule has 22 heavy (non-hydrogen) atoms. The van der Waals surface area contributed by atoms with Gasteiger partial charge in [0.1, 0.15) is 17.3 Å². The molecule has 116 valence electrons. The number of hydrogen-bond acceptors (Lipinski definition) is 4. The Morgan fingerprint density at radius 1 is 1.36 bits per heavy atom. The molecule has 7 heteroatoms. The lowest BCUT2D eigenvalue weighted by atomic mass is 10.2. The summed E-state index contributed by atoms with van der Waals surface area (Å²) >= 11 is 5.66. The van der Waals surface area contributed by atoms with Crippen LogP contribution in [0.25, 0.3) is 0 Å². The number of aromatic nitrogens is 2. The summed E-state index contributed by atoms with van der Waals surface area (Å²) < 4.78 is 13.1. The highest BCUT2D eigenvalue weighted by Crippen LogP contribution is 2.19. The van der Waals surface area contributed by atoms with E-state index in [2.05, 4.69) is 27.5 Å². The van der Waals surface area contributed by atoms with Crippen LogP contribution in [0.2, 0.25) is 5.02 Å². The zero-order valence-corrected chi connectivity index (χ0v) is 13.0. The topological polar surface area (TPSA) is 66.9 Å². The van der Waals surface area contributed by atoms with Crippen LogP contribution in [0, 0.1) is 5.82 Å². The molecule has 1 aromatic heterocycles. The van der Waals surface area contributed by atoms with Gasteiger partial charge in [-0.25, -0.2) is 14.4 Å². The fourth-order valence-corrected chi connectivity index (χ4v) is 1.82. The Balaban J connectivity index is 2.04. The van der Waals surface area contributed by atoms with Crippen molar-refractivity contribution in [3.05, 3.63) is 47.1 Å². The maximum absolute atomic E-state index is 13.1. The lowest BCUT2D eigenvalue weighted by molar-refractivity contribution is 0.102. The second-order valence-corrected chi connectivity index (χ2v) is 5.23. The minimum absolute atomic E-state index is 0.0583. The van der Waals surface area contributed by atoms with Crippen molar-refractivity contribution in [2.45, 2.75) is 26.3 Å². The van der Waals surface area contributed by atoms with E-state index in [4.69, 9.17) is 11.6 Å². The second-order valence-electron chi connectivity index (χ2n) is 4.82. The van der Waals surface area contributed by atoms with Crippen LogP contribution in [-0.2, 0) is 0 Å². The monoisotopic (exact) mass is 322 g/mol. The summed E-state index contributed by atoms with van der Waals surface area (Å²) in [5, 5.41) is 5.68. The molecule has 0 aliphatic rings. The Morgan fingerprint density at radius 3 is 2.73 bits per heavy atom. The highest BCUT2D eigenvalue weighted by Gasteiger charge is 2.10. The van der Waals surface area contributed by atoms with Crippen LogP contribution in [0.1, 0.15) is 30.8 Å². The van der Waals surface area contributed by atoms with Crippen molar-refractivity contribution in [2.24, 2.45) is 0 Å². The van der Waals surface area contributed by atoms with Crippen LogP contribution in [0.3, 0.4) is 0 Å². The van der Waals surface area contributed by atoms with Gasteiger partial charge in [0.05, 0.1) is 17.4 Å². The number of anilines is 2. The number of nitrogens with zero attached hydrogens (tertiary/aromatic N) is 2. The van der Waals surface area contributed by atoms with Crippen molar-refractivity contribution < 1.29 is 9.18 Å². The first-order valence-electron chi connectivity index (χ1n) is 6.84. The molecule has 1 unspecified atom stereocenters. The lowest BCUT2D eigenvalue weighted by Crippen LogP contribution is -2.17. The van der Waals surface area contributed by atoms with E-state index in [1.807, 2.05) is 6.92 Å². The van der Waals surface area contributed by atoms with Crippen LogP contribution in [0.5, 0.6) is 0 Å². The van der Waals surface area contributed by atoms with Crippen LogP contribution < -0.4 is 10.6 Å². The minimum Gasteiger partial charge on any atom is -0.366 e. The molecule has 0 bridgehead atoms. The summed E-state index contributed by atoms with van der Waals surface area (Å²) in [6.45, 7) is 4.08. The number of nitrogens with one attached hydrogen (secondary N) is 2. The second kappa shape index (κ2) is 7.17. The maximum atomic E-state index is 13.1. The average Bonchev–Trinajstić information content (AvgIpc) is 2.51. The number of halogens is 2. The van der Waals surface area contributed by atoms with Crippen LogP contribution in [0.15, 0.2) is 30.6 Å². The van der Waals surface area contributed by atoms with Crippen molar-refractivity contribution >= 4 is 29.0 Å². The van der Waals surface area contributed by atoms with Gasteiger partial charge in [-0.15, -0.1) is 0 Å². The smallest absolute Gasteiger partial charge is 0.275 e. The summed E-state index contributed by atoms with van der Waals surface area (Å²) in [6, 6.07) is 4.21. The van der Waals surface area contributed by atoms with E-state index in [0.717, 1.165) is 6.42 Å². The highest BCUT2D eigenvalue weighted by atomic mass is 35.5. The number of benzene rings is 1. The minimum atomic E-state index is -0.542. The molecule has 1 atom stereocenters. The molecule has 0 spiro atoms. The standard InChI is InChI=1S/C15H16ClFN4O/c1-3-9(2)20-14-8-18-13(7-19-14)15(22)21-10-4-5-12(17)11(16)6-10/h4-9H,3H2,1-2H3,(H,19,20)(H,21,22). The molecule has 0 aliphatic heterocycles. The zero-order valence-electron chi connectivity index (χ0n) is 12.2. The lowest BCUT2D eigenvalue weighted by Gasteiger charge is -2.11. The Hall–Kier alpha value is -2.21. The molecule has 2 rings (SSSR count). The normalized spacial score (nSPS) is 11.8. The molecule has 1 aromatic carbocycles. The molecule has 2 N–H and O–H groups in total. The Bertz CT molecular complexity index is 663. The quantitative estimate of drug-likeness (QED) is 0.880. The van der Waals surface area contributed by atoms with Gasteiger partial charge in [-0.05, 0) is 31.5 Å². The van der Waals surface area contributed by atoms with Gasteiger partial charge in [0.2, 0.25) is 0 Å². The van der Waals surface area contributed by atoms with E-state index < -0.39 is 11.7 Å². The Kier molecular flexibility index (Phi) is 5.27. The van der Waals surface area contributed by atoms with E-state index in [1.54, 1.807) is 0 Å². The maximum Gasteiger partial charge on any atom is 0.275 e. The van der Waals surface area contributed by atoms with Crippen molar-refractivity contribution in [3.8, 4) is 0 Å². The predicted octanol–water partition coefficient (Wildman–Crippen LogP) is 3.73. The first-order valence-corrected chi connectivity index (χ1v) is 7.22. The molecule has 1 amide bonds. The van der Waals surface area contributed by atoms with Crippen molar-refractivity contribution in [3.63, 3.8) is 0 Å². The van der Waals surface area contributed by atoms with Crippen molar-refractivity contribution in [1.82, 2.24) is 9.97 Å². The van der Waals surface area contributed by atoms with Gasteiger partial charge >= 0.3 is 0 Å². The van der Waals surface area contributed by atoms with Crippen LogP contribution in [-0.4, -0.2) is 21.9 Å². The number of amides is 1. The third-order valence-corrected chi connectivity index (χ3v) is 3.36. The van der Waals surface area contributed by atoms with Gasteiger partial charge in [0.15, 0.2) is 0 Å². The fraction of sp³-hybridized carbons (Fsp3) is 0.267. The third kappa shape index (κ3) is 4.14.